The highest BCUT2D eigenvalue weighted by molar-refractivity contribution is 6.30. The molecule has 0 spiro atoms. The van der Waals surface area contributed by atoms with Crippen LogP contribution in [0.5, 0.6) is 0 Å². The fourth-order valence-electron chi connectivity index (χ4n) is 5.10. The van der Waals surface area contributed by atoms with Crippen LogP contribution >= 0.6 is 11.6 Å². The molecular weight excluding hydrogens is 508 g/mol. The van der Waals surface area contributed by atoms with Gasteiger partial charge in [-0.15, -0.1) is 0 Å². The fraction of sp³-hybridized carbons (Fsp3) is 0.323. The smallest absolute Gasteiger partial charge is 0.246 e. The molecule has 3 heterocycles. The highest BCUT2D eigenvalue weighted by Gasteiger charge is 2.23. The molecule has 2 aromatic carbocycles. The molecule has 5 rings (SSSR count). The molecule has 202 valence electrons. The minimum Gasteiger partial charge on any atom is -0.352 e. The van der Waals surface area contributed by atoms with Gasteiger partial charge in [0.1, 0.15) is 5.82 Å². The van der Waals surface area contributed by atoms with E-state index in [2.05, 4.69) is 44.9 Å². The van der Waals surface area contributed by atoms with Gasteiger partial charge < -0.3 is 20.2 Å². The maximum Gasteiger partial charge on any atom is 0.246 e. The van der Waals surface area contributed by atoms with Gasteiger partial charge in [0.15, 0.2) is 0 Å². The zero-order chi connectivity index (χ0) is 27.2. The van der Waals surface area contributed by atoms with Crippen LogP contribution in [0.1, 0.15) is 55.5 Å². The van der Waals surface area contributed by atoms with Crippen molar-refractivity contribution in [1.29, 1.82) is 0 Å². The second-order valence-electron chi connectivity index (χ2n) is 10.3. The lowest BCUT2D eigenvalue weighted by atomic mass is 9.93. The summed E-state index contributed by atoms with van der Waals surface area (Å²) in [6.45, 7) is 5.40. The summed E-state index contributed by atoms with van der Waals surface area (Å²) in [7, 11) is 0. The van der Waals surface area contributed by atoms with Crippen LogP contribution in [0.3, 0.4) is 0 Å². The highest BCUT2D eigenvalue weighted by atomic mass is 35.5. The monoisotopic (exact) mass is 542 g/mol. The molecule has 1 fully saturated rings. The van der Waals surface area contributed by atoms with Crippen molar-refractivity contribution in [2.24, 2.45) is 0 Å². The van der Waals surface area contributed by atoms with Crippen molar-refractivity contribution in [1.82, 2.24) is 30.2 Å². The number of carbonyl (C=O) groups excluding carboxylic acids is 1. The van der Waals surface area contributed by atoms with E-state index in [0.29, 0.717) is 23.2 Å². The normalized spacial score (nSPS) is 16.7. The molecule has 0 aliphatic carbocycles. The summed E-state index contributed by atoms with van der Waals surface area (Å²) < 4.78 is 1.97. The molecule has 1 saturated heterocycles. The number of amides is 1. The Labute approximate surface area is 234 Å². The van der Waals surface area contributed by atoms with Gasteiger partial charge in [-0.2, -0.15) is 0 Å². The largest absolute Gasteiger partial charge is 0.352 e. The first kappa shape index (κ1) is 26.9. The Bertz CT molecular complexity index is 1420. The Morgan fingerprint density at radius 3 is 2.82 bits per heavy atom. The van der Waals surface area contributed by atoms with Gasteiger partial charge >= 0.3 is 0 Å². The van der Waals surface area contributed by atoms with Crippen molar-refractivity contribution in [3.05, 3.63) is 94.9 Å². The van der Waals surface area contributed by atoms with E-state index < -0.39 is 0 Å². The van der Waals surface area contributed by atoms with E-state index in [1.807, 2.05) is 55.1 Å². The van der Waals surface area contributed by atoms with Crippen LogP contribution in [0, 0.1) is 6.92 Å². The van der Waals surface area contributed by atoms with E-state index in [0.717, 1.165) is 53.3 Å². The minimum absolute atomic E-state index is 0.0595. The summed E-state index contributed by atoms with van der Waals surface area (Å²) in [5.41, 5.74) is 5.75. The second kappa shape index (κ2) is 12.5. The standard InChI is InChI=1S/C31H35ClN6O/c1-21-6-9-26(32)16-24(21)15-22(2)31(39)36-18-25(17-27-5-3-4-12-34-27)30-35-19-29(37-30)23-7-10-28(11-8-23)38-14-13-33-20-38/h6-11,13-16,19-20,25,27,34H,3-5,12,17-18H2,1-2H3,(H,35,37)(H,36,39)/b22-15+/t25-,27?/m1/s1. The molecule has 0 radical (unpaired) electrons. The van der Waals surface area contributed by atoms with E-state index in [4.69, 9.17) is 16.6 Å². The van der Waals surface area contributed by atoms with Gasteiger partial charge in [-0.05, 0) is 86.7 Å². The van der Waals surface area contributed by atoms with Crippen molar-refractivity contribution in [2.45, 2.75) is 51.5 Å². The van der Waals surface area contributed by atoms with E-state index in [9.17, 15) is 4.79 Å². The zero-order valence-electron chi connectivity index (χ0n) is 22.5. The number of piperidine rings is 1. The number of carbonyl (C=O) groups is 1. The van der Waals surface area contributed by atoms with E-state index in [1.165, 1.54) is 12.8 Å². The zero-order valence-corrected chi connectivity index (χ0v) is 23.2. The molecule has 3 N–H and O–H groups in total. The molecule has 1 unspecified atom stereocenters. The summed E-state index contributed by atoms with van der Waals surface area (Å²) >= 11 is 6.17. The number of hydrogen-bond acceptors (Lipinski definition) is 4. The minimum atomic E-state index is -0.0853. The number of nitrogens with one attached hydrogen (secondary N) is 3. The van der Waals surface area contributed by atoms with Crippen molar-refractivity contribution in [3.63, 3.8) is 0 Å². The number of rotatable bonds is 9. The Balaban J connectivity index is 1.30. The average Bonchev–Trinajstić information content (AvgIpc) is 3.67. The average molecular weight is 543 g/mol. The van der Waals surface area contributed by atoms with Crippen molar-refractivity contribution < 1.29 is 4.79 Å². The van der Waals surface area contributed by atoms with Crippen molar-refractivity contribution in [3.8, 4) is 16.9 Å². The number of aromatic amines is 1. The summed E-state index contributed by atoms with van der Waals surface area (Å²) in [6.07, 6.45) is 13.7. The summed E-state index contributed by atoms with van der Waals surface area (Å²) in [5, 5.41) is 7.46. The number of benzene rings is 2. The van der Waals surface area contributed by atoms with Crippen LogP contribution in [-0.4, -0.2) is 44.6 Å². The first-order chi connectivity index (χ1) is 19.0. The van der Waals surface area contributed by atoms with E-state index in [-0.39, 0.29) is 11.8 Å². The molecule has 39 heavy (non-hydrogen) atoms. The predicted octanol–water partition coefficient (Wildman–Crippen LogP) is 6.06. The lowest BCUT2D eigenvalue weighted by molar-refractivity contribution is -0.117. The number of H-pyrrole nitrogens is 1. The predicted molar refractivity (Wildman–Crippen MR) is 157 cm³/mol. The SMILES string of the molecule is C/C(=C\c1cc(Cl)ccc1C)C(=O)NC[C@@H](CC1CCCCN1)c1ncc(-c2ccc(-n3ccnc3)cc2)[nH]1. The van der Waals surface area contributed by atoms with Crippen LogP contribution in [0.2, 0.25) is 5.02 Å². The summed E-state index contributed by atoms with van der Waals surface area (Å²) in [5.74, 6) is 0.866. The van der Waals surface area contributed by atoms with Crippen LogP contribution in [0.4, 0.5) is 0 Å². The number of aromatic nitrogens is 4. The van der Waals surface area contributed by atoms with E-state index in [1.54, 1.807) is 12.5 Å². The van der Waals surface area contributed by atoms with Crippen molar-refractivity contribution >= 4 is 23.6 Å². The van der Waals surface area contributed by atoms with Gasteiger partial charge in [0.05, 0.1) is 18.2 Å². The van der Waals surface area contributed by atoms with Crippen molar-refractivity contribution in [2.75, 3.05) is 13.1 Å². The number of aryl methyl sites for hydroxylation is 1. The third-order valence-corrected chi connectivity index (χ3v) is 7.66. The van der Waals surface area contributed by atoms with Gasteiger partial charge in [-0.3, -0.25) is 4.79 Å². The van der Waals surface area contributed by atoms with Gasteiger partial charge in [0, 0.05) is 47.2 Å². The Hall–Kier alpha value is -3.68. The molecule has 1 aliphatic heterocycles. The fourth-order valence-corrected chi connectivity index (χ4v) is 5.28. The Morgan fingerprint density at radius 1 is 1.23 bits per heavy atom. The van der Waals surface area contributed by atoms with Crippen LogP contribution < -0.4 is 10.6 Å². The molecule has 0 bridgehead atoms. The molecule has 1 amide bonds. The molecule has 0 saturated carbocycles. The van der Waals surface area contributed by atoms with Gasteiger partial charge in [0.2, 0.25) is 5.91 Å². The first-order valence-electron chi connectivity index (χ1n) is 13.6. The maximum absolute atomic E-state index is 13.1. The summed E-state index contributed by atoms with van der Waals surface area (Å²) in [6, 6.07) is 14.4. The lowest BCUT2D eigenvalue weighted by Gasteiger charge is -2.27. The molecule has 2 aromatic heterocycles. The van der Waals surface area contributed by atoms with Gasteiger partial charge in [0.25, 0.3) is 0 Å². The topological polar surface area (TPSA) is 87.6 Å². The third kappa shape index (κ3) is 6.85. The molecule has 2 atom stereocenters. The molecule has 4 aromatic rings. The lowest BCUT2D eigenvalue weighted by Crippen LogP contribution is -2.38. The molecule has 8 heteroatoms. The number of hydrogen-bond donors (Lipinski definition) is 3. The van der Waals surface area contributed by atoms with Gasteiger partial charge in [-0.1, -0.05) is 36.2 Å². The summed E-state index contributed by atoms with van der Waals surface area (Å²) in [4.78, 5) is 25.5. The van der Waals surface area contributed by atoms with Gasteiger partial charge in [-0.25, -0.2) is 9.97 Å². The third-order valence-electron chi connectivity index (χ3n) is 7.42. The maximum atomic E-state index is 13.1. The van der Waals surface area contributed by atoms with Crippen LogP contribution in [-0.2, 0) is 4.79 Å². The van der Waals surface area contributed by atoms with Crippen LogP contribution in [0.15, 0.2) is 73.0 Å². The number of halogens is 1. The molecule has 1 aliphatic rings. The Morgan fingerprint density at radius 2 is 2.08 bits per heavy atom. The van der Waals surface area contributed by atoms with E-state index >= 15 is 0 Å². The quantitative estimate of drug-likeness (QED) is 0.224. The number of nitrogens with zero attached hydrogens (tertiary/aromatic N) is 3. The molecular formula is C31H35ClN6O. The highest BCUT2D eigenvalue weighted by Crippen LogP contribution is 2.26. The Kier molecular flexibility index (Phi) is 8.59. The van der Waals surface area contributed by atoms with Crippen LogP contribution in [0.25, 0.3) is 23.0 Å². The number of imidazole rings is 2. The first-order valence-corrected chi connectivity index (χ1v) is 13.9. The molecule has 7 nitrogen and oxygen atoms in total. The second-order valence-corrected chi connectivity index (χ2v) is 10.8.